The van der Waals surface area contributed by atoms with E-state index in [0.717, 1.165) is 37.4 Å². The van der Waals surface area contributed by atoms with Crippen LogP contribution in [-0.4, -0.2) is 54.4 Å². The quantitative estimate of drug-likeness (QED) is 0.725. The normalized spacial score (nSPS) is 16.9. The molecular weight excluding hydrogens is 389 g/mol. The molecule has 9 heteroatoms. The number of hydrogen-bond donors (Lipinski definition) is 0. The summed E-state index contributed by atoms with van der Waals surface area (Å²) in [5.41, 5.74) is 0. The van der Waals surface area contributed by atoms with E-state index >= 15 is 0 Å². The largest absolute Gasteiger partial charge is 0.573 e. The SMILES string of the molecule is CC(Oc1ccc(OC(F)(F)F)cc1)C(=O)N1CCCN(Cc2ccco2)CC1. The number of hydrogen-bond acceptors (Lipinski definition) is 5. The zero-order valence-corrected chi connectivity index (χ0v) is 16.0. The molecule has 2 heterocycles. The van der Waals surface area contributed by atoms with E-state index in [1.54, 1.807) is 18.1 Å². The average Bonchev–Trinajstić information content (AvgIpc) is 3.06. The van der Waals surface area contributed by atoms with Crippen LogP contribution in [0.4, 0.5) is 13.2 Å². The molecule has 1 fully saturated rings. The second-order valence-electron chi connectivity index (χ2n) is 6.81. The van der Waals surface area contributed by atoms with Gasteiger partial charge in [-0.3, -0.25) is 9.69 Å². The van der Waals surface area contributed by atoms with Crippen LogP contribution >= 0.6 is 0 Å². The second kappa shape index (κ2) is 9.21. The third kappa shape index (κ3) is 6.42. The van der Waals surface area contributed by atoms with E-state index in [9.17, 15) is 18.0 Å². The van der Waals surface area contributed by atoms with Gasteiger partial charge in [0, 0.05) is 26.2 Å². The molecule has 1 amide bonds. The van der Waals surface area contributed by atoms with Crippen molar-refractivity contribution < 1.29 is 31.9 Å². The topological polar surface area (TPSA) is 55.2 Å². The summed E-state index contributed by atoms with van der Waals surface area (Å²) in [7, 11) is 0. The number of nitrogens with zero attached hydrogens (tertiary/aromatic N) is 2. The van der Waals surface area contributed by atoms with Crippen LogP contribution in [0.2, 0.25) is 0 Å². The van der Waals surface area contributed by atoms with Gasteiger partial charge in [-0.1, -0.05) is 0 Å². The van der Waals surface area contributed by atoms with Crippen LogP contribution in [0.5, 0.6) is 11.5 Å². The first kappa shape index (κ1) is 21.0. The van der Waals surface area contributed by atoms with E-state index in [1.807, 2.05) is 12.1 Å². The summed E-state index contributed by atoms with van der Waals surface area (Å²) in [6.07, 6.45) is -3.02. The molecule has 1 atom stereocenters. The molecule has 0 radical (unpaired) electrons. The summed E-state index contributed by atoms with van der Waals surface area (Å²) in [4.78, 5) is 16.7. The summed E-state index contributed by atoms with van der Waals surface area (Å²) >= 11 is 0. The van der Waals surface area contributed by atoms with E-state index in [4.69, 9.17) is 9.15 Å². The number of rotatable bonds is 6. The minimum Gasteiger partial charge on any atom is -0.481 e. The Balaban J connectivity index is 1.50. The molecule has 1 aliphatic heterocycles. The van der Waals surface area contributed by atoms with Gasteiger partial charge in [-0.15, -0.1) is 13.2 Å². The lowest BCUT2D eigenvalue weighted by molar-refractivity contribution is -0.274. The molecule has 1 aromatic heterocycles. The summed E-state index contributed by atoms with van der Waals surface area (Å²) in [6.45, 7) is 5.12. The summed E-state index contributed by atoms with van der Waals surface area (Å²) in [5.74, 6) is 0.697. The highest BCUT2D eigenvalue weighted by Gasteiger charge is 2.31. The fraction of sp³-hybridized carbons (Fsp3) is 0.450. The monoisotopic (exact) mass is 412 g/mol. The van der Waals surface area contributed by atoms with Crippen molar-refractivity contribution in [2.75, 3.05) is 26.2 Å². The van der Waals surface area contributed by atoms with Gasteiger partial charge in [-0.05, 0) is 49.7 Å². The predicted octanol–water partition coefficient (Wildman–Crippen LogP) is 3.68. The number of furan rings is 1. The van der Waals surface area contributed by atoms with E-state index in [2.05, 4.69) is 9.64 Å². The predicted molar refractivity (Wildman–Crippen MR) is 98.4 cm³/mol. The first-order valence-electron chi connectivity index (χ1n) is 9.36. The minimum atomic E-state index is -4.75. The van der Waals surface area contributed by atoms with Crippen LogP contribution in [0, 0.1) is 0 Å². The molecule has 29 heavy (non-hydrogen) atoms. The minimum absolute atomic E-state index is 0.152. The Bertz CT molecular complexity index is 778. The van der Waals surface area contributed by atoms with E-state index in [0.29, 0.717) is 25.4 Å². The molecule has 0 spiro atoms. The molecule has 1 unspecified atom stereocenters. The van der Waals surface area contributed by atoms with Crippen LogP contribution in [0.3, 0.4) is 0 Å². The van der Waals surface area contributed by atoms with Crippen molar-refractivity contribution in [1.29, 1.82) is 0 Å². The highest BCUT2D eigenvalue weighted by atomic mass is 19.4. The molecule has 0 aliphatic carbocycles. The van der Waals surface area contributed by atoms with Crippen molar-refractivity contribution in [3.05, 3.63) is 48.4 Å². The third-order valence-electron chi connectivity index (χ3n) is 4.58. The molecule has 0 bridgehead atoms. The van der Waals surface area contributed by atoms with Gasteiger partial charge >= 0.3 is 6.36 Å². The Morgan fingerprint density at radius 3 is 2.48 bits per heavy atom. The van der Waals surface area contributed by atoms with Gasteiger partial charge < -0.3 is 18.8 Å². The molecule has 1 aliphatic rings. The highest BCUT2D eigenvalue weighted by molar-refractivity contribution is 5.81. The van der Waals surface area contributed by atoms with Crippen molar-refractivity contribution in [3.8, 4) is 11.5 Å². The summed E-state index contributed by atoms with van der Waals surface area (Å²) < 4.78 is 51.5. The number of carbonyl (C=O) groups excluding carboxylic acids is 1. The van der Waals surface area contributed by atoms with Crippen molar-refractivity contribution in [1.82, 2.24) is 9.80 Å². The molecule has 1 aromatic carbocycles. The van der Waals surface area contributed by atoms with Gasteiger partial charge in [-0.25, -0.2) is 0 Å². The number of benzene rings is 1. The Morgan fingerprint density at radius 2 is 1.83 bits per heavy atom. The van der Waals surface area contributed by atoms with Crippen LogP contribution in [0.1, 0.15) is 19.1 Å². The summed E-state index contributed by atoms with van der Waals surface area (Å²) in [5, 5.41) is 0. The van der Waals surface area contributed by atoms with Crippen LogP contribution in [0.15, 0.2) is 47.1 Å². The van der Waals surface area contributed by atoms with Gasteiger partial charge in [0.05, 0.1) is 12.8 Å². The Hall–Kier alpha value is -2.68. The number of amides is 1. The van der Waals surface area contributed by atoms with Crippen molar-refractivity contribution in [2.24, 2.45) is 0 Å². The van der Waals surface area contributed by atoms with Crippen molar-refractivity contribution in [2.45, 2.75) is 32.4 Å². The van der Waals surface area contributed by atoms with E-state index < -0.39 is 12.5 Å². The smallest absolute Gasteiger partial charge is 0.481 e. The fourth-order valence-electron chi connectivity index (χ4n) is 3.20. The molecule has 6 nitrogen and oxygen atoms in total. The number of ether oxygens (including phenoxy) is 2. The molecular formula is C20H23F3N2O4. The Labute approximate surface area is 166 Å². The van der Waals surface area contributed by atoms with Crippen LogP contribution < -0.4 is 9.47 Å². The van der Waals surface area contributed by atoms with Gasteiger partial charge in [0.25, 0.3) is 5.91 Å². The lowest BCUT2D eigenvalue weighted by Gasteiger charge is -2.25. The lowest BCUT2D eigenvalue weighted by Crippen LogP contribution is -2.42. The molecule has 2 aromatic rings. The standard InChI is InChI=1S/C20H23F3N2O4/c1-15(28-16-5-7-17(8-6-16)29-20(21,22)23)19(26)25-10-3-9-24(11-12-25)14-18-4-2-13-27-18/h2,4-8,13,15H,3,9-12,14H2,1H3. The summed E-state index contributed by atoms with van der Waals surface area (Å²) in [6, 6.07) is 8.77. The van der Waals surface area contributed by atoms with Crippen molar-refractivity contribution in [3.63, 3.8) is 0 Å². The van der Waals surface area contributed by atoms with E-state index in [1.165, 1.54) is 12.1 Å². The molecule has 3 rings (SSSR count). The highest BCUT2D eigenvalue weighted by Crippen LogP contribution is 2.25. The van der Waals surface area contributed by atoms with Crippen molar-refractivity contribution >= 4 is 5.91 Å². The average molecular weight is 412 g/mol. The number of halogens is 3. The fourth-order valence-corrected chi connectivity index (χ4v) is 3.20. The molecule has 0 N–H and O–H groups in total. The van der Waals surface area contributed by atoms with Crippen LogP contribution in [0.25, 0.3) is 0 Å². The maximum atomic E-state index is 12.7. The van der Waals surface area contributed by atoms with Gasteiger partial charge in [0.1, 0.15) is 17.3 Å². The maximum absolute atomic E-state index is 12.7. The van der Waals surface area contributed by atoms with Gasteiger partial charge in [0.2, 0.25) is 0 Å². The zero-order chi connectivity index (χ0) is 20.9. The zero-order valence-electron chi connectivity index (χ0n) is 16.0. The van der Waals surface area contributed by atoms with Crippen LogP contribution in [-0.2, 0) is 11.3 Å². The number of alkyl halides is 3. The van der Waals surface area contributed by atoms with Gasteiger partial charge in [0.15, 0.2) is 6.10 Å². The first-order chi connectivity index (χ1) is 13.8. The first-order valence-corrected chi connectivity index (χ1v) is 9.36. The maximum Gasteiger partial charge on any atom is 0.573 e. The third-order valence-corrected chi connectivity index (χ3v) is 4.58. The Kier molecular flexibility index (Phi) is 6.68. The van der Waals surface area contributed by atoms with Gasteiger partial charge in [-0.2, -0.15) is 0 Å². The lowest BCUT2D eigenvalue weighted by atomic mass is 10.3. The molecule has 158 valence electrons. The second-order valence-corrected chi connectivity index (χ2v) is 6.81. The molecule has 1 saturated heterocycles. The van der Waals surface area contributed by atoms with E-state index in [-0.39, 0.29) is 11.7 Å². The molecule has 0 saturated carbocycles. The number of carbonyl (C=O) groups is 1. The Morgan fingerprint density at radius 1 is 1.10 bits per heavy atom.